The fourth-order valence-electron chi connectivity index (χ4n) is 6.07. The van der Waals surface area contributed by atoms with Gasteiger partial charge >= 0.3 is 5.97 Å². The van der Waals surface area contributed by atoms with E-state index >= 15 is 0 Å². The number of fused-ring (bicyclic) bond motifs is 3. The van der Waals surface area contributed by atoms with Crippen molar-refractivity contribution in [1.82, 2.24) is 0 Å². The van der Waals surface area contributed by atoms with Crippen LogP contribution in [0.3, 0.4) is 0 Å². The van der Waals surface area contributed by atoms with Crippen LogP contribution in [0.1, 0.15) is 59.3 Å². The average Bonchev–Trinajstić information content (AvgIpc) is 2.56. The Morgan fingerprint density at radius 2 is 2.04 bits per heavy atom. The van der Waals surface area contributed by atoms with Crippen molar-refractivity contribution in [2.45, 2.75) is 65.4 Å². The maximum Gasteiger partial charge on any atom is 0.311 e. The van der Waals surface area contributed by atoms with Crippen LogP contribution in [-0.2, 0) is 9.53 Å². The van der Waals surface area contributed by atoms with Gasteiger partial charge in [-0.05, 0) is 61.9 Å². The third-order valence-corrected chi connectivity index (χ3v) is 7.60. The van der Waals surface area contributed by atoms with Gasteiger partial charge in [0, 0.05) is 5.41 Å². The summed E-state index contributed by atoms with van der Waals surface area (Å²) in [5.74, 6) is 0.435. The third-order valence-electron chi connectivity index (χ3n) is 7.60. The maximum atomic E-state index is 12.6. The number of allylic oxidation sites excluding steroid dienone is 2. The Balaban J connectivity index is 2.04. The molecule has 2 fully saturated rings. The van der Waals surface area contributed by atoms with Crippen molar-refractivity contribution in [1.29, 1.82) is 0 Å². The van der Waals surface area contributed by atoms with Crippen molar-refractivity contribution < 1.29 is 14.6 Å². The van der Waals surface area contributed by atoms with E-state index in [0.717, 1.165) is 32.1 Å². The fourth-order valence-corrected chi connectivity index (χ4v) is 6.07. The summed E-state index contributed by atoms with van der Waals surface area (Å²) in [6.45, 7) is 10.6. The van der Waals surface area contributed by atoms with Crippen LogP contribution in [0.25, 0.3) is 0 Å². The highest BCUT2D eigenvalue weighted by molar-refractivity contribution is 5.77. The molecule has 24 heavy (non-hydrogen) atoms. The first-order valence-corrected chi connectivity index (χ1v) is 9.33. The number of carbonyl (C=O) groups is 1. The number of hydrogen-bond donors (Lipinski definition) is 1. The standard InChI is InChI=1S/C21H32O3/c1-6-19(2)11-8-15-14(13-19)16(22)12-17-20(15,3)9-7-10-21(17,4)18(23)24-5/h6,13,15-17,22H,1,7-12H2,2-5H3/t15-,16-,17+,19+,20+,21-/m1/s1. The summed E-state index contributed by atoms with van der Waals surface area (Å²) in [5, 5.41) is 10.9. The molecule has 0 aromatic rings. The van der Waals surface area contributed by atoms with Gasteiger partial charge in [-0.3, -0.25) is 4.79 Å². The lowest BCUT2D eigenvalue weighted by atomic mass is 9.44. The van der Waals surface area contributed by atoms with Crippen LogP contribution in [0, 0.1) is 28.1 Å². The number of ether oxygens (including phenoxy) is 1. The zero-order valence-corrected chi connectivity index (χ0v) is 15.6. The average molecular weight is 332 g/mol. The Labute approximate surface area is 146 Å². The summed E-state index contributed by atoms with van der Waals surface area (Å²) >= 11 is 0. The summed E-state index contributed by atoms with van der Waals surface area (Å²) in [6, 6.07) is 0. The number of rotatable bonds is 2. The number of methoxy groups -OCH3 is 1. The van der Waals surface area contributed by atoms with Gasteiger partial charge in [0.1, 0.15) is 0 Å². The molecule has 1 N–H and O–H groups in total. The molecule has 3 heteroatoms. The lowest BCUT2D eigenvalue weighted by Crippen LogP contribution is -2.57. The Kier molecular flexibility index (Phi) is 4.23. The van der Waals surface area contributed by atoms with Crippen LogP contribution in [0.4, 0.5) is 0 Å². The van der Waals surface area contributed by atoms with E-state index in [2.05, 4.69) is 33.4 Å². The minimum absolute atomic E-state index is 0.0175. The Morgan fingerprint density at radius 1 is 1.33 bits per heavy atom. The largest absolute Gasteiger partial charge is 0.469 e. The van der Waals surface area contributed by atoms with Crippen molar-refractivity contribution in [3.8, 4) is 0 Å². The predicted molar refractivity (Wildman–Crippen MR) is 95.3 cm³/mol. The topological polar surface area (TPSA) is 46.5 Å². The molecule has 3 aliphatic rings. The van der Waals surface area contributed by atoms with E-state index in [1.165, 1.54) is 12.7 Å². The van der Waals surface area contributed by atoms with Crippen molar-refractivity contribution in [2.24, 2.45) is 28.1 Å². The van der Waals surface area contributed by atoms with Crippen LogP contribution >= 0.6 is 0 Å². The van der Waals surface area contributed by atoms with Gasteiger partial charge in [-0.2, -0.15) is 0 Å². The van der Waals surface area contributed by atoms with Crippen LogP contribution in [0.2, 0.25) is 0 Å². The van der Waals surface area contributed by atoms with Crippen molar-refractivity contribution in [3.05, 3.63) is 24.3 Å². The van der Waals surface area contributed by atoms with E-state index in [9.17, 15) is 9.90 Å². The van der Waals surface area contributed by atoms with E-state index in [-0.39, 0.29) is 22.7 Å². The summed E-state index contributed by atoms with van der Waals surface area (Å²) in [4.78, 5) is 12.6. The first kappa shape index (κ1) is 17.7. The number of carbonyl (C=O) groups excluding carboxylic acids is 1. The number of hydrogen-bond acceptors (Lipinski definition) is 3. The van der Waals surface area contributed by atoms with Gasteiger partial charge in [0.15, 0.2) is 0 Å². The molecule has 0 unspecified atom stereocenters. The minimum atomic E-state index is -0.479. The smallest absolute Gasteiger partial charge is 0.311 e. The number of aliphatic hydroxyl groups is 1. The molecule has 0 saturated heterocycles. The molecule has 0 aliphatic heterocycles. The minimum Gasteiger partial charge on any atom is -0.469 e. The Hall–Kier alpha value is -1.09. The normalized spacial score (nSPS) is 47.9. The SMILES string of the molecule is C=C[C@]1(C)C=C2[C@H](O)C[C@H]3[C@@](C)(CCC[C@@]3(C)C(=O)OC)[C@@H]2CC1. The van der Waals surface area contributed by atoms with E-state index in [1.54, 1.807) is 0 Å². The summed E-state index contributed by atoms with van der Waals surface area (Å²) < 4.78 is 5.16. The highest BCUT2D eigenvalue weighted by Gasteiger charge is 2.60. The van der Waals surface area contributed by atoms with E-state index in [4.69, 9.17) is 4.74 Å². The molecule has 0 bridgehead atoms. The maximum absolute atomic E-state index is 12.6. The van der Waals surface area contributed by atoms with Gasteiger partial charge in [-0.15, -0.1) is 6.58 Å². The third kappa shape index (κ3) is 2.39. The second-order valence-electron chi connectivity index (χ2n) is 9.02. The molecule has 0 aromatic heterocycles. The van der Waals surface area contributed by atoms with Crippen LogP contribution in [-0.4, -0.2) is 24.3 Å². The molecule has 3 nitrogen and oxygen atoms in total. The lowest BCUT2D eigenvalue weighted by molar-refractivity contribution is -0.171. The van der Waals surface area contributed by atoms with E-state index in [0.29, 0.717) is 12.3 Å². The van der Waals surface area contributed by atoms with Crippen LogP contribution in [0.15, 0.2) is 24.3 Å². The summed E-state index contributed by atoms with van der Waals surface area (Å²) in [6.07, 6.45) is 9.67. The molecular weight excluding hydrogens is 300 g/mol. The molecule has 3 rings (SSSR count). The van der Waals surface area contributed by atoms with Gasteiger partial charge in [0.05, 0.1) is 18.6 Å². The molecule has 2 saturated carbocycles. The number of esters is 1. The van der Waals surface area contributed by atoms with E-state index < -0.39 is 11.5 Å². The van der Waals surface area contributed by atoms with Crippen LogP contribution in [0.5, 0.6) is 0 Å². The van der Waals surface area contributed by atoms with Crippen molar-refractivity contribution >= 4 is 5.97 Å². The van der Waals surface area contributed by atoms with Gasteiger partial charge in [0.2, 0.25) is 0 Å². The predicted octanol–water partition coefficient (Wildman–Crippen LogP) is 4.27. The molecular formula is C21H32O3. The van der Waals surface area contributed by atoms with Crippen molar-refractivity contribution in [2.75, 3.05) is 7.11 Å². The second-order valence-corrected chi connectivity index (χ2v) is 9.02. The molecule has 0 radical (unpaired) electrons. The molecule has 0 aromatic carbocycles. The van der Waals surface area contributed by atoms with Gasteiger partial charge in [0.25, 0.3) is 0 Å². The van der Waals surface area contributed by atoms with Gasteiger partial charge < -0.3 is 9.84 Å². The highest BCUT2D eigenvalue weighted by atomic mass is 16.5. The quantitative estimate of drug-likeness (QED) is 0.607. The van der Waals surface area contributed by atoms with Crippen molar-refractivity contribution in [3.63, 3.8) is 0 Å². The van der Waals surface area contributed by atoms with Gasteiger partial charge in [-0.25, -0.2) is 0 Å². The Morgan fingerprint density at radius 3 is 2.67 bits per heavy atom. The molecule has 0 amide bonds. The first-order chi connectivity index (χ1) is 11.2. The fraction of sp³-hybridized carbons (Fsp3) is 0.762. The molecule has 3 aliphatic carbocycles. The first-order valence-electron chi connectivity index (χ1n) is 9.33. The zero-order chi connectivity index (χ0) is 17.8. The lowest BCUT2D eigenvalue weighted by Gasteiger charge is -2.60. The molecule has 134 valence electrons. The van der Waals surface area contributed by atoms with Crippen LogP contribution < -0.4 is 0 Å². The summed E-state index contributed by atoms with van der Waals surface area (Å²) in [5.41, 5.74) is 0.759. The van der Waals surface area contributed by atoms with Gasteiger partial charge in [-0.1, -0.05) is 32.4 Å². The molecule has 0 spiro atoms. The second kappa shape index (κ2) is 5.72. The summed E-state index contributed by atoms with van der Waals surface area (Å²) in [7, 11) is 1.49. The monoisotopic (exact) mass is 332 g/mol. The number of aliphatic hydroxyl groups excluding tert-OH is 1. The molecule has 6 atom stereocenters. The zero-order valence-electron chi connectivity index (χ0n) is 15.6. The Bertz CT molecular complexity index is 580. The molecule has 0 heterocycles. The van der Waals surface area contributed by atoms with E-state index in [1.807, 2.05) is 6.08 Å². The highest BCUT2D eigenvalue weighted by Crippen LogP contribution is 2.64.